The van der Waals surface area contributed by atoms with Gasteiger partial charge in [0.2, 0.25) is 0 Å². The number of para-hydroxylation sites is 2. The highest BCUT2D eigenvalue weighted by Crippen LogP contribution is 2.40. The lowest BCUT2D eigenvalue weighted by molar-refractivity contribution is 0.669. The molecule has 0 saturated carbocycles. The fraction of sp³-hybridized carbons (Fsp3) is 0.0227. The van der Waals surface area contributed by atoms with Gasteiger partial charge >= 0.3 is 0 Å². The molecule has 9 aromatic rings. The smallest absolute Gasteiger partial charge is 0.167 e. The maximum Gasteiger partial charge on any atom is 0.167 e. The van der Waals surface area contributed by atoms with Crippen molar-refractivity contribution >= 4 is 49.6 Å². The third-order valence-corrected chi connectivity index (χ3v) is 9.25. The fourth-order valence-corrected chi connectivity index (χ4v) is 6.91. The number of aryl methyl sites for hydroxylation is 1. The molecule has 0 aliphatic rings. The number of furan rings is 1. The second-order valence-corrected chi connectivity index (χ2v) is 12.1. The molecular weight excluding hydrogens is 587 g/mol. The van der Waals surface area contributed by atoms with Crippen LogP contribution in [0.15, 0.2) is 151 Å². The third kappa shape index (κ3) is 4.50. The summed E-state index contributed by atoms with van der Waals surface area (Å²) in [5.41, 5.74) is 8.79. The molecule has 48 heavy (non-hydrogen) atoms. The molecule has 0 radical (unpaired) electrons. The van der Waals surface area contributed by atoms with Crippen LogP contribution in [0.5, 0.6) is 0 Å². The van der Waals surface area contributed by atoms with Gasteiger partial charge in [0.25, 0.3) is 0 Å². The highest BCUT2D eigenvalue weighted by molar-refractivity contribution is 6.09. The summed E-state index contributed by atoms with van der Waals surface area (Å²) < 4.78 is 6.46. The Morgan fingerprint density at radius 2 is 1.17 bits per heavy atom. The quantitative estimate of drug-likeness (QED) is 0.193. The van der Waals surface area contributed by atoms with Crippen molar-refractivity contribution in [2.24, 2.45) is 0 Å². The van der Waals surface area contributed by atoms with E-state index in [-0.39, 0.29) is 0 Å². The predicted molar refractivity (Wildman–Crippen MR) is 199 cm³/mol. The van der Waals surface area contributed by atoms with Gasteiger partial charge in [0.15, 0.2) is 17.5 Å². The van der Waals surface area contributed by atoms with Gasteiger partial charge < -0.3 is 4.42 Å². The number of aromatic nitrogens is 3. The molecule has 0 aliphatic heterocycles. The molecule has 0 spiro atoms. The van der Waals surface area contributed by atoms with E-state index in [0.29, 0.717) is 17.5 Å². The Balaban J connectivity index is 1.34. The Morgan fingerprint density at radius 3 is 2.04 bits per heavy atom. The molecule has 0 atom stereocenters. The van der Waals surface area contributed by atoms with E-state index in [1.54, 1.807) is 0 Å². The van der Waals surface area contributed by atoms with Gasteiger partial charge in [-0.3, -0.25) is 0 Å². The van der Waals surface area contributed by atoms with E-state index in [2.05, 4.69) is 123 Å². The summed E-state index contributed by atoms with van der Waals surface area (Å²) in [5, 5.41) is 6.52. The van der Waals surface area contributed by atoms with Crippen molar-refractivity contribution < 1.29 is 4.42 Å². The second-order valence-electron chi connectivity index (χ2n) is 12.1. The van der Waals surface area contributed by atoms with Crippen LogP contribution in [0.3, 0.4) is 0 Å². The second kappa shape index (κ2) is 11.1. The molecular formula is C44H29N3O. The standard InChI is InChI=1S/C44H29N3O/c1-3-32-34(33-16-7-4-12-27(33)2)25-24-29-15-10-19-37(40(29)32)43-45-42(31-23-22-28-13-5-6-14-30(28)26-31)46-44(47-43)38-20-11-18-36-35-17-8-9-21-39(35)48-41(36)38/h3-26H,1H2,2H3. The molecule has 0 saturated heterocycles. The minimum atomic E-state index is 0.556. The molecule has 2 heterocycles. The lowest BCUT2D eigenvalue weighted by Gasteiger charge is -2.16. The van der Waals surface area contributed by atoms with Crippen LogP contribution in [0.2, 0.25) is 0 Å². The molecule has 0 fully saturated rings. The SMILES string of the molecule is C=Cc1c(-c2ccccc2C)ccc2cccc(-c3nc(-c4ccc5ccccc5c4)nc(-c4cccc5c4oc4ccccc45)n3)c12. The summed E-state index contributed by atoms with van der Waals surface area (Å²) in [6, 6.07) is 48.1. The lowest BCUT2D eigenvalue weighted by atomic mass is 9.89. The van der Waals surface area contributed by atoms with Crippen LogP contribution in [0.4, 0.5) is 0 Å². The average molecular weight is 616 g/mol. The van der Waals surface area contributed by atoms with Crippen molar-refractivity contribution in [1.29, 1.82) is 0 Å². The first-order chi connectivity index (χ1) is 23.7. The first-order valence-electron chi connectivity index (χ1n) is 16.1. The van der Waals surface area contributed by atoms with E-state index in [0.717, 1.165) is 71.3 Å². The summed E-state index contributed by atoms with van der Waals surface area (Å²) in [7, 11) is 0. The molecule has 9 rings (SSSR count). The van der Waals surface area contributed by atoms with Crippen molar-refractivity contribution in [3.63, 3.8) is 0 Å². The van der Waals surface area contributed by atoms with Crippen LogP contribution in [-0.4, -0.2) is 15.0 Å². The number of hydrogen-bond acceptors (Lipinski definition) is 4. The van der Waals surface area contributed by atoms with Gasteiger partial charge in [0.1, 0.15) is 11.2 Å². The normalized spacial score (nSPS) is 11.5. The van der Waals surface area contributed by atoms with Crippen LogP contribution < -0.4 is 0 Å². The van der Waals surface area contributed by atoms with Gasteiger partial charge in [-0.15, -0.1) is 0 Å². The largest absolute Gasteiger partial charge is 0.455 e. The minimum Gasteiger partial charge on any atom is -0.455 e. The molecule has 0 bridgehead atoms. The molecule has 4 heteroatoms. The number of rotatable bonds is 5. The number of fused-ring (bicyclic) bond motifs is 5. The zero-order valence-electron chi connectivity index (χ0n) is 26.3. The maximum atomic E-state index is 6.46. The molecule has 0 amide bonds. The van der Waals surface area contributed by atoms with Crippen LogP contribution in [0, 0.1) is 6.92 Å². The lowest BCUT2D eigenvalue weighted by Crippen LogP contribution is -2.01. The van der Waals surface area contributed by atoms with E-state index in [1.165, 1.54) is 11.1 Å². The van der Waals surface area contributed by atoms with Crippen LogP contribution in [0.1, 0.15) is 11.1 Å². The average Bonchev–Trinajstić information content (AvgIpc) is 3.53. The van der Waals surface area contributed by atoms with Crippen molar-refractivity contribution in [3.8, 4) is 45.3 Å². The highest BCUT2D eigenvalue weighted by Gasteiger charge is 2.20. The minimum absolute atomic E-state index is 0.556. The topological polar surface area (TPSA) is 51.8 Å². The summed E-state index contributed by atoms with van der Waals surface area (Å²) in [6.07, 6.45) is 1.95. The van der Waals surface area contributed by atoms with E-state index in [9.17, 15) is 0 Å². The summed E-state index contributed by atoms with van der Waals surface area (Å²) in [6.45, 7) is 6.42. The van der Waals surface area contributed by atoms with Crippen molar-refractivity contribution in [2.45, 2.75) is 6.92 Å². The fourth-order valence-electron chi connectivity index (χ4n) is 6.91. The van der Waals surface area contributed by atoms with Gasteiger partial charge in [0, 0.05) is 27.3 Å². The molecule has 0 N–H and O–H groups in total. The van der Waals surface area contributed by atoms with E-state index < -0.39 is 0 Å². The van der Waals surface area contributed by atoms with Gasteiger partial charge in [-0.05, 0) is 63.5 Å². The summed E-state index contributed by atoms with van der Waals surface area (Å²) in [4.78, 5) is 15.5. The Morgan fingerprint density at radius 1 is 0.521 bits per heavy atom. The Labute approximate surface area is 277 Å². The third-order valence-electron chi connectivity index (χ3n) is 9.25. The van der Waals surface area contributed by atoms with Gasteiger partial charge in [-0.2, -0.15) is 0 Å². The number of nitrogens with zero attached hydrogens (tertiary/aromatic N) is 3. The number of hydrogen-bond donors (Lipinski definition) is 0. The van der Waals surface area contributed by atoms with Crippen LogP contribution >= 0.6 is 0 Å². The molecule has 4 nitrogen and oxygen atoms in total. The molecule has 226 valence electrons. The first kappa shape index (κ1) is 27.9. The number of benzene rings is 7. The van der Waals surface area contributed by atoms with Crippen molar-refractivity contribution in [2.75, 3.05) is 0 Å². The zero-order valence-corrected chi connectivity index (χ0v) is 26.3. The predicted octanol–water partition coefficient (Wildman–Crippen LogP) is 11.7. The Hall–Kier alpha value is -6.39. The first-order valence-corrected chi connectivity index (χ1v) is 16.1. The summed E-state index contributed by atoms with van der Waals surface area (Å²) >= 11 is 0. The highest BCUT2D eigenvalue weighted by atomic mass is 16.3. The Bertz CT molecular complexity index is 2720. The summed E-state index contributed by atoms with van der Waals surface area (Å²) in [5.74, 6) is 1.74. The van der Waals surface area contributed by atoms with E-state index >= 15 is 0 Å². The van der Waals surface area contributed by atoms with Crippen LogP contribution in [-0.2, 0) is 0 Å². The molecule has 0 unspecified atom stereocenters. The molecule has 0 aliphatic carbocycles. The Kier molecular flexibility index (Phi) is 6.47. The van der Waals surface area contributed by atoms with Crippen molar-refractivity contribution in [1.82, 2.24) is 15.0 Å². The van der Waals surface area contributed by atoms with Gasteiger partial charge in [0.05, 0.1) is 5.56 Å². The molecule has 7 aromatic carbocycles. The van der Waals surface area contributed by atoms with Crippen LogP contribution in [0.25, 0.3) is 94.8 Å². The maximum absolute atomic E-state index is 6.46. The van der Waals surface area contributed by atoms with E-state index in [4.69, 9.17) is 19.4 Å². The zero-order chi connectivity index (χ0) is 32.2. The monoisotopic (exact) mass is 615 g/mol. The van der Waals surface area contributed by atoms with Gasteiger partial charge in [-0.25, -0.2) is 15.0 Å². The molecule has 2 aromatic heterocycles. The van der Waals surface area contributed by atoms with Gasteiger partial charge in [-0.1, -0.05) is 134 Å². The van der Waals surface area contributed by atoms with Crippen molar-refractivity contribution in [3.05, 3.63) is 157 Å². The van der Waals surface area contributed by atoms with E-state index in [1.807, 2.05) is 36.4 Å².